The molecule has 0 unspecified atom stereocenters. The normalized spacial score (nSPS) is 10.9. The van der Waals surface area contributed by atoms with Crippen molar-refractivity contribution in [3.8, 4) is 0 Å². The van der Waals surface area contributed by atoms with Gasteiger partial charge in [-0.05, 0) is 13.0 Å². The zero-order valence-corrected chi connectivity index (χ0v) is 11.8. The van der Waals surface area contributed by atoms with Gasteiger partial charge in [-0.1, -0.05) is 0 Å². The van der Waals surface area contributed by atoms with Crippen LogP contribution < -0.4 is 5.32 Å². The number of carbonyl (C=O) groups is 1. The first-order chi connectivity index (χ1) is 9.61. The highest BCUT2D eigenvalue weighted by Crippen LogP contribution is 2.19. The van der Waals surface area contributed by atoms with Crippen LogP contribution in [0.4, 0.5) is 5.69 Å². The number of aryl methyl sites for hydroxylation is 2. The van der Waals surface area contributed by atoms with Crippen LogP contribution in [0.3, 0.4) is 0 Å². The molecule has 1 N–H and O–H groups in total. The fraction of sp³-hybridized carbons (Fsp3) is 0.462. The quantitative estimate of drug-likeness (QED) is 0.794. The van der Waals surface area contributed by atoms with E-state index < -0.39 is 0 Å². The van der Waals surface area contributed by atoms with Crippen molar-refractivity contribution in [1.29, 1.82) is 0 Å². The number of nitrogens with one attached hydrogen (secondary N) is 1. The lowest BCUT2D eigenvalue weighted by Gasteiger charge is -2.06. The van der Waals surface area contributed by atoms with Crippen molar-refractivity contribution in [2.45, 2.75) is 6.92 Å². The predicted octanol–water partition coefficient (Wildman–Crippen LogP) is 0.878. The number of hydrogen-bond acceptors (Lipinski definition) is 5. The second-order valence-electron chi connectivity index (χ2n) is 4.40. The summed E-state index contributed by atoms with van der Waals surface area (Å²) in [5.74, 6) is -0.219. The highest BCUT2D eigenvalue weighted by molar-refractivity contribution is 5.93. The van der Waals surface area contributed by atoms with E-state index in [1.807, 2.05) is 20.0 Å². The molecule has 0 atom stereocenters. The summed E-state index contributed by atoms with van der Waals surface area (Å²) < 4.78 is 11.7. The smallest absolute Gasteiger partial charge is 0.250 e. The number of anilines is 1. The Labute approximate surface area is 116 Å². The van der Waals surface area contributed by atoms with Crippen LogP contribution in [0.5, 0.6) is 0 Å². The zero-order valence-electron chi connectivity index (χ0n) is 11.8. The molecule has 0 aliphatic carbocycles. The fourth-order valence-corrected chi connectivity index (χ4v) is 1.88. The lowest BCUT2D eigenvalue weighted by atomic mass is 10.2. The van der Waals surface area contributed by atoms with Crippen LogP contribution in [-0.2, 0) is 21.3 Å². The minimum atomic E-state index is -0.219. The molecule has 20 heavy (non-hydrogen) atoms. The molecule has 2 aromatic heterocycles. The average Bonchev–Trinajstić information content (AvgIpc) is 2.70. The number of carbonyl (C=O) groups excluding carboxylic acids is 1. The highest BCUT2D eigenvalue weighted by atomic mass is 16.5. The van der Waals surface area contributed by atoms with Crippen molar-refractivity contribution in [2.75, 3.05) is 32.2 Å². The Bertz CT molecular complexity index is 609. The first-order valence-electron chi connectivity index (χ1n) is 6.27. The summed E-state index contributed by atoms with van der Waals surface area (Å²) in [5.41, 5.74) is 2.30. The SMILES string of the molecule is COCCOCC(=O)Nc1cnc2c(c1)c(C)nn2C. The molecular formula is C13H18N4O3. The minimum absolute atomic E-state index is 0.00653. The summed E-state index contributed by atoms with van der Waals surface area (Å²) in [6, 6.07) is 1.86. The highest BCUT2D eigenvalue weighted by Gasteiger charge is 2.08. The maximum atomic E-state index is 11.7. The van der Waals surface area contributed by atoms with E-state index in [1.54, 1.807) is 18.0 Å². The maximum Gasteiger partial charge on any atom is 0.250 e. The summed E-state index contributed by atoms with van der Waals surface area (Å²) in [4.78, 5) is 16.0. The Morgan fingerprint density at radius 2 is 2.25 bits per heavy atom. The molecule has 1 amide bonds. The van der Waals surface area contributed by atoms with Crippen LogP contribution in [0.25, 0.3) is 11.0 Å². The summed E-state index contributed by atoms with van der Waals surface area (Å²) >= 11 is 0. The summed E-state index contributed by atoms with van der Waals surface area (Å²) in [7, 11) is 3.42. The largest absolute Gasteiger partial charge is 0.382 e. The Balaban J connectivity index is 1.99. The molecule has 7 nitrogen and oxygen atoms in total. The third-order valence-corrected chi connectivity index (χ3v) is 2.81. The number of fused-ring (bicyclic) bond motifs is 1. The van der Waals surface area contributed by atoms with Gasteiger partial charge in [0.15, 0.2) is 5.65 Å². The first-order valence-corrected chi connectivity index (χ1v) is 6.27. The van der Waals surface area contributed by atoms with Crippen LogP contribution in [0.1, 0.15) is 5.69 Å². The van der Waals surface area contributed by atoms with E-state index in [1.165, 1.54) is 0 Å². The van der Waals surface area contributed by atoms with Gasteiger partial charge in [0.2, 0.25) is 5.91 Å². The second kappa shape index (κ2) is 6.44. The lowest BCUT2D eigenvalue weighted by molar-refractivity contribution is -0.121. The molecule has 0 saturated carbocycles. The van der Waals surface area contributed by atoms with Gasteiger partial charge in [-0.2, -0.15) is 5.10 Å². The summed E-state index contributed by atoms with van der Waals surface area (Å²) in [6.07, 6.45) is 1.61. The average molecular weight is 278 g/mol. The van der Waals surface area contributed by atoms with Crippen molar-refractivity contribution in [2.24, 2.45) is 7.05 Å². The van der Waals surface area contributed by atoms with Gasteiger partial charge in [-0.15, -0.1) is 0 Å². The molecule has 0 saturated heterocycles. The number of rotatable bonds is 6. The molecule has 0 aliphatic heterocycles. The van der Waals surface area contributed by atoms with Gasteiger partial charge in [0.05, 0.1) is 30.8 Å². The van der Waals surface area contributed by atoms with Crippen molar-refractivity contribution >= 4 is 22.6 Å². The number of nitrogens with zero attached hydrogens (tertiary/aromatic N) is 3. The van der Waals surface area contributed by atoms with Crippen LogP contribution in [-0.4, -0.2) is 47.6 Å². The zero-order chi connectivity index (χ0) is 14.5. The minimum Gasteiger partial charge on any atom is -0.382 e. The molecule has 0 bridgehead atoms. The monoisotopic (exact) mass is 278 g/mol. The number of pyridine rings is 1. The molecule has 0 spiro atoms. The third-order valence-electron chi connectivity index (χ3n) is 2.81. The van der Waals surface area contributed by atoms with E-state index in [-0.39, 0.29) is 12.5 Å². The van der Waals surface area contributed by atoms with E-state index in [0.29, 0.717) is 18.9 Å². The van der Waals surface area contributed by atoms with Gasteiger partial charge in [0.1, 0.15) is 6.61 Å². The van der Waals surface area contributed by atoms with Crippen molar-refractivity contribution < 1.29 is 14.3 Å². The standard InChI is InChI=1S/C13H18N4O3/c1-9-11-6-10(7-14-13(11)17(2)16-9)15-12(18)8-20-5-4-19-3/h6-7H,4-5,8H2,1-3H3,(H,15,18). The second-order valence-corrected chi connectivity index (χ2v) is 4.40. The molecule has 0 fully saturated rings. The predicted molar refractivity (Wildman–Crippen MR) is 74.6 cm³/mol. The van der Waals surface area contributed by atoms with Gasteiger partial charge < -0.3 is 14.8 Å². The number of ether oxygens (including phenoxy) is 2. The molecule has 2 heterocycles. The molecule has 108 valence electrons. The third kappa shape index (κ3) is 3.31. The van der Waals surface area contributed by atoms with Crippen LogP contribution in [0.2, 0.25) is 0 Å². The molecule has 2 aromatic rings. The van der Waals surface area contributed by atoms with Crippen LogP contribution in [0, 0.1) is 6.92 Å². The Morgan fingerprint density at radius 3 is 3.00 bits per heavy atom. The van der Waals surface area contributed by atoms with Crippen molar-refractivity contribution in [1.82, 2.24) is 14.8 Å². The van der Waals surface area contributed by atoms with Crippen molar-refractivity contribution in [3.05, 3.63) is 18.0 Å². The summed E-state index contributed by atoms with van der Waals surface area (Å²) in [5, 5.41) is 7.95. The van der Waals surface area contributed by atoms with E-state index in [2.05, 4.69) is 15.4 Å². The molecule has 0 aromatic carbocycles. The topological polar surface area (TPSA) is 78.3 Å². The van der Waals surface area contributed by atoms with Crippen molar-refractivity contribution in [3.63, 3.8) is 0 Å². The van der Waals surface area contributed by atoms with Crippen LogP contribution in [0.15, 0.2) is 12.3 Å². The van der Waals surface area contributed by atoms with E-state index in [4.69, 9.17) is 9.47 Å². The van der Waals surface area contributed by atoms with Gasteiger partial charge in [0.25, 0.3) is 0 Å². The van der Waals surface area contributed by atoms with E-state index in [0.717, 1.165) is 16.7 Å². The summed E-state index contributed by atoms with van der Waals surface area (Å²) in [6.45, 7) is 2.76. The van der Waals surface area contributed by atoms with Gasteiger partial charge >= 0.3 is 0 Å². The fourth-order valence-electron chi connectivity index (χ4n) is 1.88. The van der Waals surface area contributed by atoms with E-state index in [9.17, 15) is 4.79 Å². The number of methoxy groups -OCH3 is 1. The number of hydrogen-bond donors (Lipinski definition) is 1. The molecule has 0 aliphatic rings. The van der Waals surface area contributed by atoms with Gasteiger partial charge in [-0.3, -0.25) is 9.48 Å². The molecular weight excluding hydrogens is 260 g/mol. The van der Waals surface area contributed by atoms with Gasteiger partial charge in [-0.25, -0.2) is 4.98 Å². The number of amides is 1. The molecule has 0 radical (unpaired) electrons. The maximum absolute atomic E-state index is 11.7. The molecule has 2 rings (SSSR count). The number of aromatic nitrogens is 3. The Kier molecular flexibility index (Phi) is 4.65. The van der Waals surface area contributed by atoms with E-state index >= 15 is 0 Å². The molecule has 7 heteroatoms. The Hall–Kier alpha value is -1.99. The Morgan fingerprint density at radius 1 is 1.45 bits per heavy atom. The van der Waals surface area contributed by atoms with Crippen LogP contribution >= 0.6 is 0 Å². The van der Waals surface area contributed by atoms with Gasteiger partial charge in [0, 0.05) is 19.5 Å². The first kappa shape index (κ1) is 14.4. The lowest BCUT2D eigenvalue weighted by Crippen LogP contribution is -2.19.